The summed E-state index contributed by atoms with van der Waals surface area (Å²) in [6.45, 7) is 2.95. The van der Waals surface area contributed by atoms with Crippen LogP contribution in [0, 0.1) is 0 Å². The normalized spacial score (nSPS) is 11.0. The van der Waals surface area contributed by atoms with Crippen molar-refractivity contribution in [1.29, 1.82) is 0 Å². The summed E-state index contributed by atoms with van der Waals surface area (Å²) in [4.78, 5) is 4.48. The first-order valence-corrected chi connectivity index (χ1v) is 7.73. The number of nitrogen functional groups attached to an aromatic ring is 1. The molecular weight excluding hydrogens is 321 g/mol. The zero-order valence-electron chi connectivity index (χ0n) is 12.0. The van der Waals surface area contributed by atoms with Crippen molar-refractivity contribution in [2.75, 3.05) is 17.6 Å². The van der Waals surface area contributed by atoms with Gasteiger partial charge in [-0.25, -0.2) is 4.98 Å². The lowest BCUT2D eigenvalue weighted by molar-refractivity contribution is 0.620. The van der Waals surface area contributed by atoms with E-state index in [1.54, 1.807) is 12.1 Å². The highest BCUT2D eigenvalue weighted by Gasteiger charge is 2.15. The Labute approximate surface area is 138 Å². The second kappa shape index (κ2) is 6.07. The Morgan fingerprint density at radius 3 is 2.82 bits per heavy atom. The van der Waals surface area contributed by atoms with Gasteiger partial charge in [-0.2, -0.15) is 0 Å². The van der Waals surface area contributed by atoms with Crippen LogP contribution >= 0.6 is 23.2 Å². The molecule has 0 aliphatic rings. The lowest BCUT2D eigenvalue weighted by Crippen LogP contribution is -2.02. The lowest BCUT2D eigenvalue weighted by Gasteiger charge is -2.09. The minimum atomic E-state index is 0.438. The molecule has 4 nitrogen and oxygen atoms in total. The number of fused-ring (bicyclic) bond motifs is 1. The number of nitrogens with one attached hydrogen (secondary N) is 1. The van der Waals surface area contributed by atoms with Crippen LogP contribution in [-0.2, 0) is 0 Å². The van der Waals surface area contributed by atoms with Crippen molar-refractivity contribution in [2.45, 2.75) is 13.3 Å². The summed E-state index contributed by atoms with van der Waals surface area (Å²) in [7, 11) is 0. The summed E-state index contributed by atoms with van der Waals surface area (Å²) < 4.78 is 5.82. The Morgan fingerprint density at radius 2 is 2.05 bits per heavy atom. The van der Waals surface area contributed by atoms with Crippen molar-refractivity contribution in [3.8, 4) is 11.5 Å². The Morgan fingerprint density at radius 1 is 1.23 bits per heavy atom. The number of benzene rings is 2. The Hall–Kier alpha value is -1.91. The van der Waals surface area contributed by atoms with Gasteiger partial charge in [-0.15, -0.1) is 0 Å². The third-order valence-corrected chi connectivity index (χ3v) is 3.75. The molecule has 0 saturated carbocycles. The Balaban J connectivity index is 2.14. The highest BCUT2D eigenvalue weighted by molar-refractivity contribution is 6.38. The van der Waals surface area contributed by atoms with Gasteiger partial charge in [-0.05, 0) is 36.8 Å². The molecule has 0 atom stereocenters. The van der Waals surface area contributed by atoms with Crippen LogP contribution in [0.4, 0.5) is 11.4 Å². The third-order valence-electron chi connectivity index (χ3n) is 3.25. The van der Waals surface area contributed by atoms with Crippen LogP contribution in [0.2, 0.25) is 10.0 Å². The van der Waals surface area contributed by atoms with Gasteiger partial charge < -0.3 is 15.5 Å². The second-order valence-corrected chi connectivity index (χ2v) is 5.83. The molecule has 1 aromatic heterocycles. The van der Waals surface area contributed by atoms with E-state index in [1.165, 1.54) is 0 Å². The molecule has 0 radical (unpaired) electrons. The summed E-state index contributed by atoms with van der Waals surface area (Å²) in [6, 6.07) is 8.95. The van der Waals surface area contributed by atoms with Crippen molar-refractivity contribution < 1.29 is 4.42 Å². The zero-order chi connectivity index (χ0) is 15.7. The van der Waals surface area contributed by atoms with E-state index in [2.05, 4.69) is 17.2 Å². The zero-order valence-corrected chi connectivity index (χ0v) is 13.5. The minimum Gasteiger partial charge on any atom is -0.434 e. The maximum absolute atomic E-state index is 6.16. The van der Waals surface area contributed by atoms with Crippen LogP contribution in [0.1, 0.15) is 13.3 Å². The number of halogens is 2. The molecule has 114 valence electrons. The standard InChI is InChI=1S/C16H15Cl2N3O/c1-2-5-20-13-4-3-10(19)8-11(13)16-21-14-7-9(17)6-12(18)15(14)22-16/h3-4,6-8,20H,2,5,19H2,1H3. The van der Waals surface area contributed by atoms with Gasteiger partial charge in [0.1, 0.15) is 5.52 Å². The molecule has 3 aromatic rings. The van der Waals surface area contributed by atoms with E-state index in [0.717, 1.165) is 24.2 Å². The molecule has 0 bridgehead atoms. The van der Waals surface area contributed by atoms with Gasteiger partial charge in [0.25, 0.3) is 0 Å². The lowest BCUT2D eigenvalue weighted by atomic mass is 10.1. The molecular formula is C16H15Cl2N3O. The summed E-state index contributed by atoms with van der Waals surface area (Å²) in [5.74, 6) is 0.463. The molecule has 0 amide bonds. The van der Waals surface area contributed by atoms with Gasteiger partial charge in [0.05, 0.1) is 10.6 Å². The van der Waals surface area contributed by atoms with E-state index < -0.39 is 0 Å². The molecule has 0 saturated heterocycles. The molecule has 0 aliphatic heterocycles. The van der Waals surface area contributed by atoms with Crippen LogP contribution in [-0.4, -0.2) is 11.5 Å². The van der Waals surface area contributed by atoms with Crippen LogP contribution < -0.4 is 11.1 Å². The van der Waals surface area contributed by atoms with Gasteiger partial charge in [0, 0.05) is 22.9 Å². The van der Waals surface area contributed by atoms with Crippen LogP contribution in [0.15, 0.2) is 34.7 Å². The van der Waals surface area contributed by atoms with Gasteiger partial charge >= 0.3 is 0 Å². The number of nitrogens with zero attached hydrogens (tertiary/aromatic N) is 1. The number of rotatable bonds is 4. The number of anilines is 2. The van der Waals surface area contributed by atoms with Gasteiger partial charge in [0.15, 0.2) is 5.58 Å². The van der Waals surface area contributed by atoms with Crippen molar-refractivity contribution >= 4 is 45.7 Å². The van der Waals surface area contributed by atoms with Crippen molar-refractivity contribution in [2.24, 2.45) is 0 Å². The number of nitrogens with two attached hydrogens (primary N) is 1. The molecule has 22 heavy (non-hydrogen) atoms. The maximum atomic E-state index is 6.16. The molecule has 0 spiro atoms. The quantitative estimate of drug-likeness (QED) is 0.642. The van der Waals surface area contributed by atoms with Gasteiger partial charge in [-0.1, -0.05) is 30.1 Å². The average molecular weight is 336 g/mol. The predicted molar refractivity (Wildman–Crippen MR) is 92.7 cm³/mol. The summed E-state index contributed by atoms with van der Waals surface area (Å²) >= 11 is 12.2. The average Bonchev–Trinajstić information content (AvgIpc) is 2.90. The Kier molecular flexibility index (Phi) is 4.14. The first kappa shape index (κ1) is 15.0. The second-order valence-electron chi connectivity index (χ2n) is 4.99. The molecule has 1 heterocycles. The monoisotopic (exact) mass is 335 g/mol. The third kappa shape index (κ3) is 2.85. The number of hydrogen-bond acceptors (Lipinski definition) is 4. The largest absolute Gasteiger partial charge is 0.434 e. The smallest absolute Gasteiger partial charge is 0.229 e. The summed E-state index contributed by atoms with van der Waals surface area (Å²) in [5, 5.41) is 4.30. The van der Waals surface area contributed by atoms with Crippen LogP contribution in [0.5, 0.6) is 0 Å². The molecule has 3 rings (SSSR count). The number of aromatic nitrogens is 1. The highest BCUT2D eigenvalue weighted by atomic mass is 35.5. The fourth-order valence-corrected chi connectivity index (χ4v) is 2.75. The SMILES string of the molecule is CCCNc1ccc(N)cc1-c1nc2cc(Cl)cc(Cl)c2o1. The van der Waals surface area contributed by atoms with Crippen LogP contribution in [0.3, 0.4) is 0 Å². The first-order chi connectivity index (χ1) is 10.6. The van der Waals surface area contributed by atoms with E-state index in [4.69, 9.17) is 33.4 Å². The summed E-state index contributed by atoms with van der Waals surface area (Å²) in [6.07, 6.45) is 1.01. The van der Waals surface area contributed by atoms with Crippen molar-refractivity contribution in [3.05, 3.63) is 40.4 Å². The van der Waals surface area contributed by atoms with Crippen molar-refractivity contribution in [1.82, 2.24) is 4.98 Å². The number of oxazole rings is 1. The molecule has 0 unspecified atom stereocenters. The first-order valence-electron chi connectivity index (χ1n) is 6.98. The topological polar surface area (TPSA) is 64.1 Å². The van der Waals surface area contributed by atoms with Gasteiger partial charge in [-0.3, -0.25) is 0 Å². The fraction of sp³-hybridized carbons (Fsp3) is 0.188. The molecule has 6 heteroatoms. The summed E-state index contributed by atoms with van der Waals surface area (Å²) in [5.41, 5.74) is 9.40. The van der Waals surface area contributed by atoms with E-state index >= 15 is 0 Å². The van der Waals surface area contributed by atoms with E-state index in [-0.39, 0.29) is 0 Å². The molecule has 0 aliphatic carbocycles. The van der Waals surface area contributed by atoms with Crippen molar-refractivity contribution in [3.63, 3.8) is 0 Å². The molecule has 2 aromatic carbocycles. The fourth-order valence-electron chi connectivity index (χ4n) is 2.23. The number of hydrogen-bond donors (Lipinski definition) is 2. The van der Waals surface area contributed by atoms with E-state index in [0.29, 0.717) is 32.7 Å². The Bertz CT molecular complexity index is 830. The van der Waals surface area contributed by atoms with E-state index in [1.807, 2.05) is 18.2 Å². The predicted octanol–water partition coefficient (Wildman–Crippen LogP) is 5.21. The minimum absolute atomic E-state index is 0.438. The maximum Gasteiger partial charge on any atom is 0.229 e. The molecule has 0 fully saturated rings. The van der Waals surface area contributed by atoms with Gasteiger partial charge in [0.2, 0.25) is 5.89 Å². The molecule has 3 N–H and O–H groups in total. The highest BCUT2D eigenvalue weighted by Crippen LogP contribution is 2.35. The van der Waals surface area contributed by atoms with E-state index in [9.17, 15) is 0 Å². The van der Waals surface area contributed by atoms with Crippen LogP contribution in [0.25, 0.3) is 22.6 Å².